The third kappa shape index (κ3) is 8.27. The molecule has 30 heavy (non-hydrogen) atoms. The highest BCUT2D eigenvalue weighted by Gasteiger charge is 2.11. The van der Waals surface area contributed by atoms with Gasteiger partial charge in [-0.3, -0.25) is 14.9 Å². The van der Waals surface area contributed by atoms with Gasteiger partial charge >= 0.3 is 5.97 Å². The quantitative estimate of drug-likeness (QED) is 0.186. The molecule has 0 aromatic heterocycles. The van der Waals surface area contributed by atoms with Crippen LogP contribution in [0, 0.1) is 10.1 Å². The summed E-state index contributed by atoms with van der Waals surface area (Å²) in [6.45, 7) is 1.40. The number of carboxylic acids is 1. The van der Waals surface area contributed by atoms with Crippen molar-refractivity contribution in [1.82, 2.24) is 10.6 Å². The number of nitro groups is 1. The van der Waals surface area contributed by atoms with Crippen LogP contribution < -0.4 is 16.0 Å². The summed E-state index contributed by atoms with van der Waals surface area (Å²) in [5, 5.41) is 29.3. The van der Waals surface area contributed by atoms with E-state index in [2.05, 4.69) is 16.0 Å². The second kappa shape index (κ2) is 12.2. The second-order valence-electron chi connectivity index (χ2n) is 6.39. The molecule has 0 aliphatic rings. The maximum atomic E-state index is 11.3. The summed E-state index contributed by atoms with van der Waals surface area (Å²) in [6, 6.07) is 14.8. The molecular weight excluding hydrogens is 404 g/mol. The predicted octanol–water partition coefficient (Wildman–Crippen LogP) is 3.55. The van der Waals surface area contributed by atoms with E-state index in [1.54, 1.807) is 18.2 Å². The van der Waals surface area contributed by atoms with Gasteiger partial charge in [-0.15, -0.1) is 0 Å². The zero-order chi connectivity index (χ0) is 21.8. The van der Waals surface area contributed by atoms with Gasteiger partial charge in [-0.1, -0.05) is 42.5 Å². The Bertz CT molecular complexity index is 903. The SMILES string of the molecule is O=C(O)CCNC(=S)NCC/C=C/c1cc(NCc2ccccc2)ccc1[N+](=O)[O-]. The smallest absolute Gasteiger partial charge is 0.305 e. The first-order valence-corrected chi connectivity index (χ1v) is 9.83. The summed E-state index contributed by atoms with van der Waals surface area (Å²) in [5.41, 5.74) is 2.47. The topological polar surface area (TPSA) is 117 Å². The standard InChI is InChI=1S/C21H24N4O4S/c26-20(27)11-13-23-21(30)22-12-5-4-8-17-14-18(9-10-19(17)25(28)29)24-15-16-6-2-1-3-7-16/h1-4,6-10,14,24H,5,11-13,15H2,(H,26,27)(H2,22,23,30)/b8-4+. The van der Waals surface area contributed by atoms with Crippen molar-refractivity contribution in [2.24, 2.45) is 0 Å². The highest BCUT2D eigenvalue weighted by molar-refractivity contribution is 7.80. The molecule has 0 radical (unpaired) electrons. The number of carboxylic acid groups (broad SMARTS) is 1. The van der Waals surface area contributed by atoms with Crippen LogP contribution in [-0.4, -0.2) is 34.2 Å². The lowest BCUT2D eigenvalue weighted by molar-refractivity contribution is -0.385. The van der Waals surface area contributed by atoms with E-state index in [1.807, 2.05) is 36.4 Å². The van der Waals surface area contributed by atoms with Gasteiger partial charge in [-0.25, -0.2) is 0 Å². The van der Waals surface area contributed by atoms with Crippen molar-refractivity contribution >= 4 is 40.8 Å². The lowest BCUT2D eigenvalue weighted by atomic mass is 10.1. The van der Waals surface area contributed by atoms with Crippen LogP contribution in [0.15, 0.2) is 54.6 Å². The normalized spacial score (nSPS) is 10.5. The van der Waals surface area contributed by atoms with Gasteiger partial charge in [-0.05, 0) is 36.3 Å². The molecule has 0 aliphatic heterocycles. The van der Waals surface area contributed by atoms with Crippen LogP contribution in [0.3, 0.4) is 0 Å². The molecule has 0 saturated carbocycles. The highest BCUT2D eigenvalue weighted by atomic mass is 32.1. The maximum Gasteiger partial charge on any atom is 0.305 e. The van der Waals surface area contributed by atoms with Crippen LogP contribution in [0.4, 0.5) is 11.4 Å². The molecule has 0 heterocycles. The van der Waals surface area contributed by atoms with Gasteiger partial charge in [-0.2, -0.15) is 0 Å². The van der Waals surface area contributed by atoms with Gasteiger partial charge in [0.25, 0.3) is 5.69 Å². The maximum absolute atomic E-state index is 11.3. The number of nitrogens with one attached hydrogen (secondary N) is 3. The van der Waals surface area contributed by atoms with Crippen LogP contribution in [-0.2, 0) is 11.3 Å². The molecule has 0 saturated heterocycles. The summed E-state index contributed by atoms with van der Waals surface area (Å²) in [7, 11) is 0. The number of hydrogen-bond donors (Lipinski definition) is 4. The third-order valence-corrected chi connectivity index (χ3v) is 4.37. The Kier molecular flexibility index (Phi) is 9.26. The van der Waals surface area contributed by atoms with Crippen molar-refractivity contribution in [2.45, 2.75) is 19.4 Å². The zero-order valence-electron chi connectivity index (χ0n) is 16.3. The molecule has 2 rings (SSSR count). The summed E-state index contributed by atoms with van der Waals surface area (Å²) in [6.07, 6.45) is 4.13. The number of carbonyl (C=O) groups is 1. The Morgan fingerprint density at radius 1 is 1.13 bits per heavy atom. The Balaban J connectivity index is 1.88. The number of nitro benzene ring substituents is 1. The largest absolute Gasteiger partial charge is 0.481 e. The number of benzene rings is 2. The molecule has 0 spiro atoms. The first-order chi connectivity index (χ1) is 14.5. The lowest BCUT2D eigenvalue weighted by Gasteiger charge is -2.09. The Morgan fingerprint density at radius 2 is 1.87 bits per heavy atom. The Hall–Kier alpha value is -3.46. The fourth-order valence-electron chi connectivity index (χ4n) is 2.59. The lowest BCUT2D eigenvalue weighted by Crippen LogP contribution is -2.36. The molecule has 0 unspecified atom stereocenters. The summed E-state index contributed by atoms with van der Waals surface area (Å²) in [5.74, 6) is -0.893. The molecule has 2 aromatic rings. The van der Waals surface area contributed by atoms with E-state index in [9.17, 15) is 14.9 Å². The highest BCUT2D eigenvalue weighted by Crippen LogP contribution is 2.24. The van der Waals surface area contributed by atoms with Crippen molar-refractivity contribution in [1.29, 1.82) is 0 Å². The summed E-state index contributed by atoms with van der Waals surface area (Å²) < 4.78 is 0. The van der Waals surface area contributed by atoms with E-state index in [1.165, 1.54) is 6.07 Å². The fourth-order valence-corrected chi connectivity index (χ4v) is 2.79. The summed E-state index contributed by atoms with van der Waals surface area (Å²) >= 11 is 5.05. The van der Waals surface area contributed by atoms with Crippen molar-refractivity contribution < 1.29 is 14.8 Å². The molecule has 0 bridgehead atoms. The van der Waals surface area contributed by atoms with Gasteiger partial charge in [0.2, 0.25) is 0 Å². The monoisotopic (exact) mass is 428 g/mol. The minimum Gasteiger partial charge on any atom is -0.481 e. The molecule has 4 N–H and O–H groups in total. The van der Waals surface area contributed by atoms with Crippen LogP contribution in [0.1, 0.15) is 24.0 Å². The third-order valence-electron chi connectivity index (χ3n) is 4.08. The molecule has 9 heteroatoms. The van der Waals surface area contributed by atoms with Crippen molar-refractivity contribution in [2.75, 3.05) is 18.4 Å². The minimum absolute atomic E-state index is 0.0139. The number of aliphatic carboxylic acids is 1. The van der Waals surface area contributed by atoms with E-state index in [-0.39, 0.29) is 18.7 Å². The molecule has 158 valence electrons. The number of rotatable bonds is 11. The van der Waals surface area contributed by atoms with Gasteiger partial charge in [0.15, 0.2) is 5.11 Å². The minimum atomic E-state index is -0.893. The number of anilines is 1. The van der Waals surface area contributed by atoms with E-state index < -0.39 is 10.9 Å². The predicted molar refractivity (Wildman–Crippen MR) is 121 cm³/mol. The fraction of sp³-hybridized carbons (Fsp3) is 0.238. The molecule has 0 amide bonds. The van der Waals surface area contributed by atoms with Crippen molar-refractivity contribution in [3.8, 4) is 0 Å². The molecule has 8 nitrogen and oxygen atoms in total. The van der Waals surface area contributed by atoms with E-state index in [0.717, 1.165) is 11.3 Å². The Morgan fingerprint density at radius 3 is 2.57 bits per heavy atom. The van der Waals surface area contributed by atoms with E-state index in [0.29, 0.717) is 30.2 Å². The average Bonchev–Trinajstić information content (AvgIpc) is 2.72. The average molecular weight is 429 g/mol. The Labute approximate surface area is 180 Å². The first-order valence-electron chi connectivity index (χ1n) is 9.42. The second-order valence-corrected chi connectivity index (χ2v) is 6.80. The molecular formula is C21H24N4O4S. The molecule has 0 fully saturated rings. The van der Waals surface area contributed by atoms with Crippen LogP contribution >= 0.6 is 12.2 Å². The van der Waals surface area contributed by atoms with Gasteiger partial charge in [0, 0.05) is 31.4 Å². The van der Waals surface area contributed by atoms with Gasteiger partial charge in [0.05, 0.1) is 16.9 Å². The van der Waals surface area contributed by atoms with Crippen LogP contribution in [0.2, 0.25) is 0 Å². The number of thiocarbonyl (C=S) groups is 1. The van der Waals surface area contributed by atoms with Gasteiger partial charge < -0.3 is 21.1 Å². The van der Waals surface area contributed by atoms with E-state index >= 15 is 0 Å². The van der Waals surface area contributed by atoms with Crippen molar-refractivity contribution in [3.63, 3.8) is 0 Å². The van der Waals surface area contributed by atoms with Crippen LogP contribution in [0.25, 0.3) is 6.08 Å². The number of nitrogens with zero attached hydrogens (tertiary/aromatic N) is 1. The zero-order valence-corrected chi connectivity index (χ0v) is 17.2. The van der Waals surface area contributed by atoms with E-state index in [4.69, 9.17) is 17.3 Å². The first kappa shape index (κ1) is 22.8. The molecule has 2 aromatic carbocycles. The van der Waals surface area contributed by atoms with Crippen molar-refractivity contribution in [3.05, 3.63) is 75.8 Å². The number of hydrogen-bond acceptors (Lipinski definition) is 5. The molecule has 0 atom stereocenters. The molecule has 0 aliphatic carbocycles. The van der Waals surface area contributed by atoms with Crippen LogP contribution in [0.5, 0.6) is 0 Å². The summed E-state index contributed by atoms with van der Waals surface area (Å²) in [4.78, 5) is 21.4. The van der Waals surface area contributed by atoms with Gasteiger partial charge in [0.1, 0.15) is 0 Å².